The number of carboxylic acids is 1. The first-order valence-corrected chi connectivity index (χ1v) is 9.96. The van der Waals surface area contributed by atoms with Crippen LogP contribution in [0.15, 0.2) is 65.1 Å². The molecule has 0 bridgehead atoms. The molecular formula is C24H20ClNO3. The fourth-order valence-corrected chi connectivity index (χ4v) is 3.52. The first kappa shape index (κ1) is 19.2. The molecule has 4 rings (SSSR count). The van der Waals surface area contributed by atoms with Gasteiger partial charge in [0.05, 0.1) is 11.1 Å². The number of benzene rings is 2. The molecule has 146 valence electrons. The summed E-state index contributed by atoms with van der Waals surface area (Å²) in [6, 6.07) is 18.6. The van der Waals surface area contributed by atoms with Gasteiger partial charge in [-0.3, -0.25) is 0 Å². The first-order valence-electron chi connectivity index (χ1n) is 9.58. The van der Waals surface area contributed by atoms with E-state index in [1.165, 1.54) is 24.5 Å². The van der Waals surface area contributed by atoms with Gasteiger partial charge in [0, 0.05) is 16.0 Å². The SMILES string of the molecule is CCCCc1ccc(-c2ccc(-c3cc(C(=O)O)c4cc(Cl)ccc4n3)o2)cc1. The molecule has 2 aromatic heterocycles. The van der Waals surface area contributed by atoms with Crippen molar-refractivity contribution in [2.24, 2.45) is 0 Å². The zero-order valence-electron chi connectivity index (χ0n) is 16.0. The van der Waals surface area contributed by atoms with Gasteiger partial charge in [-0.2, -0.15) is 0 Å². The van der Waals surface area contributed by atoms with E-state index in [4.69, 9.17) is 16.0 Å². The fraction of sp³-hybridized carbons (Fsp3) is 0.167. The number of fused-ring (bicyclic) bond motifs is 1. The molecule has 0 aliphatic heterocycles. The van der Waals surface area contributed by atoms with Crippen molar-refractivity contribution in [1.82, 2.24) is 4.98 Å². The summed E-state index contributed by atoms with van der Waals surface area (Å²) in [7, 11) is 0. The van der Waals surface area contributed by atoms with Crippen LogP contribution in [0.4, 0.5) is 0 Å². The topological polar surface area (TPSA) is 63.3 Å². The lowest BCUT2D eigenvalue weighted by molar-refractivity contribution is 0.0699. The molecule has 0 amide bonds. The van der Waals surface area contributed by atoms with Crippen LogP contribution >= 0.6 is 11.6 Å². The second-order valence-electron chi connectivity index (χ2n) is 6.99. The van der Waals surface area contributed by atoms with Crippen molar-refractivity contribution in [3.8, 4) is 22.8 Å². The lowest BCUT2D eigenvalue weighted by Crippen LogP contribution is -2.00. The number of carboxylic acid groups (broad SMARTS) is 1. The van der Waals surface area contributed by atoms with Crippen LogP contribution in [-0.4, -0.2) is 16.1 Å². The third-order valence-corrected chi connectivity index (χ3v) is 5.15. The normalized spacial score (nSPS) is 11.1. The van der Waals surface area contributed by atoms with Crippen LogP contribution < -0.4 is 0 Å². The van der Waals surface area contributed by atoms with Crippen molar-refractivity contribution < 1.29 is 14.3 Å². The van der Waals surface area contributed by atoms with Gasteiger partial charge in [-0.25, -0.2) is 9.78 Å². The number of halogens is 1. The number of hydrogen-bond acceptors (Lipinski definition) is 3. The maximum Gasteiger partial charge on any atom is 0.336 e. The van der Waals surface area contributed by atoms with Crippen LogP contribution in [0.2, 0.25) is 5.02 Å². The molecule has 0 spiro atoms. The van der Waals surface area contributed by atoms with Crippen LogP contribution in [0.1, 0.15) is 35.7 Å². The van der Waals surface area contributed by atoms with E-state index in [0.29, 0.717) is 27.4 Å². The van der Waals surface area contributed by atoms with Crippen molar-refractivity contribution in [3.63, 3.8) is 0 Å². The molecule has 0 fully saturated rings. The van der Waals surface area contributed by atoms with Gasteiger partial charge >= 0.3 is 5.97 Å². The van der Waals surface area contributed by atoms with Crippen molar-refractivity contribution in [3.05, 3.63) is 76.8 Å². The van der Waals surface area contributed by atoms with Crippen LogP contribution in [0.25, 0.3) is 33.7 Å². The van der Waals surface area contributed by atoms with E-state index in [1.807, 2.05) is 24.3 Å². The molecular weight excluding hydrogens is 386 g/mol. The van der Waals surface area contributed by atoms with Crippen LogP contribution in [0.5, 0.6) is 0 Å². The molecule has 2 heterocycles. The number of rotatable bonds is 6. The number of aromatic carboxylic acids is 1. The Kier molecular flexibility index (Phi) is 5.36. The van der Waals surface area contributed by atoms with Gasteiger partial charge in [-0.15, -0.1) is 0 Å². The summed E-state index contributed by atoms with van der Waals surface area (Å²) in [5, 5.41) is 10.6. The Morgan fingerprint density at radius 3 is 2.52 bits per heavy atom. The van der Waals surface area contributed by atoms with Gasteiger partial charge in [0.1, 0.15) is 11.5 Å². The highest BCUT2D eigenvalue weighted by molar-refractivity contribution is 6.31. The minimum atomic E-state index is -1.03. The van der Waals surface area contributed by atoms with Crippen LogP contribution in [-0.2, 0) is 6.42 Å². The Hall–Kier alpha value is -3.11. The highest BCUT2D eigenvalue weighted by Crippen LogP contribution is 2.31. The Labute approximate surface area is 173 Å². The van der Waals surface area contributed by atoms with Gasteiger partial charge in [0.15, 0.2) is 5.76 Å². The highest BCUT2D eigenvalue weighted by atomic mass is 35.5. The molecule has 4 aromatic rings. The zero-order chi connectivity index (χ0) is 20.4. The molecule has 0 saturated heterocycles. The molecule has 5 heteroatoms. The summed E-state index contributed by atoms with van der Waals surface area (Å²) in [5.74, 6) is 0.210. The van der Waals surface area contributed by atoms with E-state index in [-0.39, 0.29) is 5.56 Å². The molecule has 29 heavy (non-hydrogen) atoms. The van der Waals surface area contributed by atoms with Crippen molar-refractivity contribution >= 4 is 28.5 Å². The fourth-order valence-electron chi connectivity index (χ4n) is 3.35. The maximum atomic E-state index is 11.7. The molecule has 1 N–H and O–H groups in total. The maximum absolute atomic E-state index is 11.7. The summed E-state index contributed by atoms with van der Waals surface area (Å²) in [4.78, 5) is 16.3. The number of unbranched alkanes of at least 4 members (excludes halogenated alkanes) is 1. The third kappa shape index (κ3) is 4.03. The minimum absolute atomic E-state index is 0.144. The Bertz CT molecular complexity index is 1180. The summed E-state index contributed by atoms with van der Waals surface area (Å²) >= 11 is 6.02. The van der Waals surface area contributed by atoms with Crippen molar-refractivity contribution in [2.75, 3.05) is 0 Å². The predicted molar refractivity (Wildman–Crippen MR) is 115 cm³/mol. The number of nitrogens with zero attached hydrogens (tertiary/aromatic N) is 1. The smallest absolute Gasteiger partial charge is 0.336 e. The molecule has 2 aromatic carbocycles. The number of hydrogen-bond donors (Lipinski definition) is 1. The van der Waals surface area contributed by atoms with Crippen LogP contribution in [0, 0.1) is 0 Å². The van der Waals surface area contributed by atoms with Gasteiger partial charge < -0.3 is 9.52 Å². The minimum Gasteiger partial charge on any atom is -0.478 e. The predicted octanol–water partition coefficient (Wildman–Crippen LogP) is 6.86. The monoisotopic (exact) mass is 405 g/mol. The second kappa shape index (κ2) is 8.10. The Balaban J connectivity index is 1.70. The number of aryl methyl sites for hydroxylation is 1. The van der Waals surface area contributed by atoms with Gasteiger partial charge in [-0.1, -0.05) is 49.2 Å². The van der Waals surface area contributed by atoms with E-state index in [0.717, 1.165) is 17.7 Å². The molecule has 0 aliphatic rings. The largest absolute Gasteiger partial charge is 0.478 e. The molecule has 0 aliphatic carbocycles. The third-order valence-electron chi connectivity index (χ3n) is 4.92. The molecule has 0 saturated carbocycles. The lowest BCUT2D eigenvalue weighted by atomic mass is 10.1. The van der Waals surface area contributed by atoms with E-state index >= 15 is 0 Å². The van der Waals surface area contributed by atoms with E-state index in [9.17, 15) is 9.90 Å². The summed E-state index contributed by atoms with van der Waals surface area (Å²) in [6.45, 7) is 2.18. The van der Waals surface area contributed by atoms with Gasteiger partial charge in [0.25, 0.3) is 0 Å². The number of aromatic nitrogens is 1. The van der Waals surface area contributed by atoms with Crippen molar-refractivity contribution in [1.29, 1.82) is 0 Å². The Morgan fingerprint density at radius 1 is 1.03 bits per heavy atom. The van der Waals surface area contributed by atoms with E-state index in [1.54, 1.807) is 18.2 Å². The lowest BCUT2D eigenvalue weighted by Gasteiger charge is -2.06. The van der Waals surface area contributed by atoms with E-state index < -0.39 is 5.97 Å². The zero-order valence-corrected chi connectivity index (χ0v) is 16.7. The summed E-state index contributed by atoms with van der Waals surface area (Å²) in [5.41, 5.74) is 3.46. The molecule has 0 radical (unpaired) electrons. The standard InChI is InChI=1S/C24H20ClNO3/c1-2-3-4-15-5-7-16(8-6-15)22-11-12-23(29-22)21-14-19(24(27)28)18-13-17(25)9-10-20(18)26-21/h5-14H,2-4H2,1H3,(H,27,28). The summed E-state index contributed by atoms with van der Waals surface area (Å²) in [6.07, 6.45) is 3.42. The number of carbonyl (C=O) groups is 1. The first-order chi connectivity index (χ1) is 14.0. The molecule has 0 unspecified atom stereocenters. The average molecular weight is 406 g/mol. The highest BCUT2D eigenvalue weighted by Gasteiger charge is 2.16. The van der Waals surface area contributed by atoms with E-state index in [2.05, 4.69) is 24.0 Å². The van der Waals surface area contributed by atoms with Crippen molar-refractivity contribution in [2.45, 2.75) is 26.2 Å². The number of furan rings is 1. The second-order valence-corrected chi connectivity index (χ2v) is 7.42. The molecule has 0 atom stereocenters. The Morgan fingerprint density at radius 2 is 1.79 bits per heavy atom. The van der Waals surface area contributed by atoms with Crippen LogP contribution in [0.3, 0.4) is 0 Å². The molecule has 4 nitrogen and oxygen atoms in total. The van der Waals surface area contributed by atoms with Gasteiger partial charge in [0.2, 0.25) is 0 Å². The summed E-state index contributed by atoms with van der Waals surface area (Å²) < 4.78 is 6.00. The number of pyridine rings is 1. The van der Waals surface area contributed by atoms with Gasteiger partial charge in [-0.05, 0) is 54.8 Å². The quantitative estimate of drug-likeness (QED) is 0.380. The average Bonchev–Trinajstić information content (AvgIpc) is 3.22.